The first-order chi connectivity index (χ1) is 10.8. The van der Waals surface area contributed by atoms with Crippen molar-refractivity contribution >= 4 is 10.8 Å². The van der Waals surface area contributed by atoms with Gasteiger partial charge in [-0.1, -0.05) is 30.3 Å². The van der Waals surface area contributed by atoms with Gasteiger partial charge in [0.25, 0.3) is 0 Å². The summed E-state index contributed by atoms with van der Waals surface area (Å²) in [4.78, 5) is 0. The van der Waals surface area contributed by atoms with Crippen LogP contribution in [-0.4, -0.2) is 24.1 Å². The molecule has 0 bridgehead atoms. The van der Waals surface area contributed by atoms with Crippen molar-refractivity contribution in [3.05, 3.63) is 42.5 Å². The van der Waals surface area contributed by atoms with Crippen LogP contribution in [0.1, 0.15) is 0 Å². The molecule has 132 valence electrons. The first-order valence-electron chi connectivity index (χ1n) is 6.17. The molecule has 0 atom stereocenters. The predicted molar refractivity (Wildman–Crippen MR) is 65.5 cm³/mol. The quantitative estimate of drug-likeness (QED) is 0.628. The van der Waals surface area contributed by atoms with E-state index in [2.05, 4.69) is 4.74 Å². The maximum absolute atomic E-state index is 12.8. The van der Waals surface area contributed by atoms with Gasteiger partial charge in [0.2, 0.25) is 0 Å². The van der Waals surface area contributed by atoms with E-state index < -0.39 is 29.9 Å². The van der Waals surface area contributed by atoms with Gasteiger partial charge in [-0.2, -0.15) is 39.5 Å². The Hall–Kier alpha value is -2.13. The molecule has 0 saturated carbocycles. The fourth-order valence-electron chi connectivity index (χ4n) is 2.06. The van der Waals surface area contributed by atoms with Crippen LogP contribution < -0.4 is 4.74 Å². The molecule has 0 radical (unpaired) electrons. The molecular formula is C14H7F9O. The number of alkyl halides is 9. The van der Waals surface area contributed by atoms with Gasteiger partial charge in [-0.25, -0.2) is 0 Å². The van der Waals surface area contributed by atoms with Crippen molar-refractivity contribution in [2.24, 2.45) is 0 Å². The zero-order chi connectivity index (χ0) is 18.4. The zero-order valence-corrected chi connectivity index (χ0v) is 11.4. The normalized spacial score (nSPS) is 14.0. The second kappa shape index (κ2) is 5.45. The van der Waals surface area contributed by atoms with Gasteiger partial charge in [0.05, 0.1) is 0 Å². The number of halogens is 9. The van der Waals surface area contributed by atoms with Crippen LogP contribution in [0.25, 0.3) is 10.8 Å². The van der Waals surface area contributed by atoms with Gasteiger partial charge in [-0.05, 0) is 22.9 Å². The van der Waals surface area contributed by atoms with E-state index in [1.165, 1.54) is 24.3 Å². The number of hydrogen-bond acceptors (Lipinski definition) is 1. The fourth-order valence-corrected chi connectivity index (χ4v) is 2.06. The lowest BCUT2D eigenvalue weighted by Gasteiger charge is -2.38. The SMILES string of the molecule is FC(F)(F)C(Oc1ccc2ccccc2c1)(C(F)(F)F)C(F)(F)F. The van der Waals surface area contributed by atoms with Gasteiger partial charge in [0, 0.05) is 0 Å². The van der Waals surface area contributed by atoms with Crippen LogP contribution in [0.15, 0.2) is 42.5 Å². The van der Waals surface area contributed by atoms with Crippen molar-refractivity contribution in [3.63, 3.8) is 0 Å². The molecule has 0 aliphatic heterocycles. The Morgan fingerprint density at radius 1 is 0.583 bits per heavy atom. The summed E-state index contributed by atoms with van der Waals surface area (Å²) in [7, 11) is 0. The van der Waals surface area contributed by atoms with Gasteiger partial charge < -0.3 is 4.74 Å². The Kier molecular flexibility index (Phi) is 4.14. The molecule has 2 aromatic rings. The van der Waals surface area contributed by atoms with Crippen molar-refractivity contribution in [2.75, 3.05) is 0 Å². The lowest BCUT2D eigenvalue weighted by molar-refractivity contribution is -0.436. The smallest absolute Gasteiger partial charge is 0.447 e. The summed E-state index contributed by atoms with van der Waals surface area (Å²) in [6, 6.07) is 8.07. The average Bonchev–Trinajstić information content (AvgIpc) is 2.40. The van der Waals surface area contributed by atoms with Crippen molar-refractivity contribution in [2.45, 2.75) is 24.1 Å². The van der Waals surface area contributed by atoms with Gasteiger partial charge in [-0.15, -0.1) is 0 Å². The van der Waals surface area contributed by atoms with Crippen molar-refractivity contribution in [1.29, 1.82) is 0 Å². The highest BCUT2D eigenvalue weighted by Gasteiger charge is 2.87. The van der Waals surface area contributed by atoms with E-state index in [0.29, 0.717) is 17.5 Å². The predicted octanol–water partition coefficient (Wildman–Crippen LogP) is 5.64. The summed E-state index contributed by atoms with van der Waals surface area (Å²) in [5.74, 6) is -1.21. The van der Waals surface area contributed by atoms with E-state index in [9.17, 15) is 39.5 Å². The Bertz CT molecular complexity index is 691. The van der Waals surface area contributed by atoms with Gasteiger partial charge in [0.1, 0.15) is 5.75 Å². The molecule has 1 nitrogen and oxygen atoms in total. The standard InChI is InChI=1S/C14H7F9O/c15-12(16,17)11(13(18,19)20,14(21,22)23)24-10-6-5-8-3-1-2-4-9(8)7-10/h1-7H. The molecule has 0 unspecified atom stereocenters. The molecule has 0 N–H and O–H groups in total. The summed E-state index contributed by atoms with van der Waals surface area (Å²) < 4.78 is 119. The van der Waals surface area contributed by atoms with E-state index in [-0.39, 0.29) is 5.39 Å². The van der Waals surface area contributed by atoms with E-state index in [4.69, 9.17) is 0 Å². The van der Waals surface area contributed by atoms with Crippen LogP contribution in [0, 0.1) is 0 Å². The molecule has 2 rings (SSSR count). The second-order valence-corrected chi connectivity index (χ2v) is 4.79. The van der Waals surface area contributed by atoms with Crippen LogP contribution in [0.2, 0.25) is 0 Å². The molecule has 0 fully saturated rings. The summed E-state index contributed by atoms with van der Waals surface area (Å²) in [5, 5.41) is 0.525. The number of ether oxygens (including phenoxy) is 1. The third kappa shape index (κ3) is 2.84. The number of benzene rings is 2. The molecule has 0 aromatic heterocycles. The lowest BCUT2D eigenvalue weighted by Crippen LogP contribution is -2.69. The Morgan fingerprint density at radius 2 is 1.04 bits per heavy atom. The highest BCUT2D eigenvalue weighted by molar-refractivity contribution is 5.83. The molecule has 0 amide bonds. The van der Waals surface area contributed by atoms with Gasteiger partial charge >= 0.3 is 24.1 Å². The van der Waals surface area contributed by atoms with Crippen LogP contribution in [0.5, 0.6) is 5.75 Å². The average molecular weight is 362 g/mol. The number of hydrogen-bond donors (Lipinski definition) is 0. The van der Waals surface area contributed by atoms with Crippen LogP contribution >= 0.6 is 0 Å². The third-order valence-corrected chi connectivity index (χ3v) is 3.19. The summed E-state index contributed by atoms with van der Waals surface area (Å²) in [6.45, 7) is 0. The van der Waals surface area contributed by atoms with Gasteiger partial charge in [0.15, 0.2) is 0 Å². The summed E-state index contributed by atoms with van der Waals surface area (Å²) in [6.07, 6.45) is -20.3. The molecular weight excluding hydrogens is 355 g/mol. The third-order valence-electron chi connectivity index (χ3n) is 3.19. The minimum absolute atomic E-state index is 0.121. The minimum atomic E-state index is -6.77. The maximum Gasteiger partial charge on any atom is 0.447 e. The molecule has 0 aliphatic rings. The van der Waals surface area contributed by atoms with Gasteiger partial charge in [-0.3, -0.25) is 0 Å². The summed E-state index contributed by atoms with van der Waals surface area (Å²) in [5.41, 5.74) is -6.32. The molecule has 0 saturated heterocycles. The Morgan fingerprint density at radius 3 is 1.50 bits per heavy atom. The van der Waals surface area contributed by atoms with Crippen LogP contribution in [0.4, 0.5) is 39.5 Å². The van der Waals surface area contributed by atoms with Crippen molar-refractivity contribution < 1.29 is 44.3 Å². The Balaban J connectivity index is 2.63. The molecule has 2 aromatic carbocycles. The molecule has 10 heteroatoms. The van der Waals surface area contributed by atoms with Crippen molar-refractivity contribution in [3.8, 4) is 5.75 Å². The highest BCUT2D eigenvalue weighted by Crippen LogP contribution is 2.54. The van der Waals surface area contributed by atoms with Crippen molar-refractivity contribution in [1.82, 2.24) is 0 Å². The molecule has 0 aliphatic carbocycles. The topological polar surface area (TPSA) is 9.23 Å². The number of rotatable bonds is 2. The lowest BCUT2D eigenvalue weighted by atomic mass is 10.0. The first kappa shape index (κ1) is 18.2. The maximum atomic E-state index is 12.8. The minimum Gasteiger partial charge on any atom is -0.462 e. The van der Waals surface area contributed by atoms with E-state index in [1.54, 1.807) is 0 Å². The van der Waals surface area contributed by atoms with Crippen LogP contribution in [-0.2, 0) is 0 Å². The summed E-state index contributed by atoms with van der Waals surface area (Å²) >= 11 is 0. The Labute approximate surface area is 128 Å². The van der Waals surface area contributed by atoms with Crippen LogP contribution in [0.3, 0.4) is 0 Å². The van der Waals surface area contributed by atoms with E-state index in [0.717, 1.165) is 6.07 Å². The van der Waals surface area contributed by atoms with E-state index >= 15 is 0 Å². The zero-order valence-electron chi connectivity index (χ0n) is 11.4. The monoisotopic (exact) mass is 362 g/mol. The largest absolute Gasteiger partial charge is 0.462 e. The fraction of sp³-hybridized carbons (Fsp3) is 0.286. The number of fused-ring (bicyclic) bond motifs is 1. The highest BCUT2D eigenvalue weighted by atomic mass is 19.4. The molecule has 0 heterocycles. The second-order valence-electron chi connectivity index (χ2n) is 4.79. The first-order valence-corrected chi connectivity index (χ1v) is 6.17. The molecule has 0 spiro atoms. The molecule has 24 heavy (non-hydrogen) atoms. The van der Waals surface area contributed by atoms with E-state index in [1.807, 2.05) is 0 Å².